The highest BCUT2D eigenvalue weighted by Crippen LogP contribution is 2.33. The number of benzene rings is 3. The summed E-state index contributed by atoms with van der Waals surface area (Å²) in [4.78, 5) is 0. The Bertz CT molecular complexity index is 896. The molecule has 0 atom stereocenters. The minimum absolute atomic E-state index is 0.277. The fraction of sp³-hybridized carbons (Fsp3) is 0.143. The molecule has 0 aromatic heterocycles. The largest absolute Gasteiger partial charge is 0.493 e. The van der Waals surface area contributed by atoms with Crippen molar-refractivity contribution < 1.29 is 13.9 Å². The molecular weight excluding hydrogens is 388 g/mol. The number of methoxy groups -OCH3 is 1. The van der Waals surface area contributed by atoms with Crippen LogP contribution in [0.5, 0.6) is 11.5 Å². The Morgan fingerprint density at radius 1 is 0.963 bits per heavy atom. The van der Waals surface area contributed by atoms with E-state index in [0.717, 1.165) is 16.8 Å². The Morgan fingerprint density at radius 2 is 1.67 bits per heavy atom. The minimum Gasteiger partial charge on any atom is -0.493 e. The molecule has 0 unspecified atom stereocenters. The van der Waals surface area contributed by atoms with Gasteiger partial charge in [-0.25, -0.2) is 4.39 Å². The number of nitrogens with one attached hydrogen (secondary N) is 1. The second-order valence-corrected chi connectivity index (χ2v) is 6.75. The summed E-state index contributed by atoms with van der Waals surface area (Å²) in [5.74, 6) is 0.978. The van der Waals surface area contributed by atoms with Gasteiger partial charge in [-0.3, -0.25) is 0 Å². The van der Waals surface area contributed by atoms with Crippen LogP contribution in [0.3, 0.4) is 0 Å². The molecule has 27 heavy (non-hydrogen) atoms. The maximum absolute atomic E-state index is 13.1. The molecule has 6 heteroatoms. The van der Waals surface area contributed by atoms with Gasteiger partial charge in [0.05, 0.1) is 7.11 Å². The topological polar surface area (TPSA) is 30.5 Å². The zero-order valence-corrected chi connectivity index (χ0v) is 16.1. The zero-order valence-electron chi connectivity index (χ0n) is 14.6. The normalized spacial score (nSPS) is 10.5. The summed E-state index contributed by atoms with van der Waals surface area (Å²) >= 11 is 12.1. The average molecular weight is 406 g/mol. The monoisotopic (exact) mass is 405 g/mol. The van der Waals surface area contributed by atoms with Gasteiger partial charge in [-0.1, -0.05) is 47.5 Å². The fourth-order valence-electron chi connectivity index (χ4n) is 2.61. The van der Waals surface area contributed by atoms with Crippen molar-refractivity contribution in [2.45, 2.75) is 13.2 Å². The molecule has 3 nitrogen and oxygen atoms in total. The quantitative estimate of drug-likeness (QED) is 0.497. The molecule has 140 valence electrons. The molecule has 0 heterocycles. The summed E-state index contributed by atoms with van der Waals surface area (Å²) < 4.78 is 24.5. The molecular formula is C21H18Cl2FNO2. The number of hydrogen-bond acceptors (Lipinski definition) is 3. The summed E-state index contributed by atoms with van der Waals surface area (Å²) in [5, 5.41) is 4.40. The Labute approximate surface area is 167 Å². The van der Waals surface area contributed by atoms with Gasteiger partial charge in [0.1, 0.15) is 12.4 Å². The van der Waals surface area contributed by atoms with E-state index in [2.05, 4.69) is 5.32 Å². The van der Waals surface area contributed by atoms with E-state index in [-0.39, 0.29) is 5.82 Å². The van der Waals surface area contributed by atoms with E-state index >= 15 is 0 Å². The average Bonchev–Trinajstić information content (AvgIpc) is 2.65. The van der Waals surface area contributed by atoms with Crippen LogP contribution in [0.15, 0.2) is 60.7 Å². The molecule has 0 fully saturated rings. The molecule has 3 aromatic carbocycles. The molecule has 1 N–H and O–H groups in total. The third-order valence-electron chi connectivity index (χ3n) is 3.92. The van der Waals surface area contributed by atoms with Crippen LogP contribution in [0.1, 0.15) is 11.1 Å². The van der Waals surface area contributed by atoms with Gasteiger partial charge in [0.2, 0.25) is 0 Å². The summed E-state index contributed by atoms with van der Waals surface area (Å²) in [6.07, 6.45) is 0. The molecule has 0 radical (unpaired) electrons. The van der Waals surface area contributed by atoms with Gasteiger partial charge in [-0.05, 0) is 42.0 Å². The Balaban J connectivity index is 1.77. The van der Waals surface area contributed by atoms with Crippen molar-refractivity contribution in [2.75, 3.05) is 12.4 Å². The van der Waals surface area contributed by atoms with E-state index < -0.39 is 0 Å². The van der Waals surface area contributed by atoms with Crippen molar-refractivity contribution in [2.24, 2.45) is 0 Å². The smallest absolute Gasteiger partial charge is 0.166 e. The van der Waals surface area contributed by atoms with E-state index in [4.69, 9.17) is 32.7 Å². The van der Waals surface area contributed by atoms with E-state index in [1.165, 1.54) is 12.1 Å². The second kappa shape index (κ2) is 8.98. The third kappa shape index (κ3) is 5.28. The predicted molar refractivity (Wildman–Crippen MR) is 108 cm³/mol. The molecule has 0 saturated heterocycles. The summed E-state index contributed by atoms with van der Waals surface area (Å²) in [7, 11) is 1.59. The van der Waals surface area contributed by atoms with Crippen LogP contribution in [0, 0.1) is 5.82 Å². The van der Waals surface area contributed by atoms with Crippen LogP contribution in [0.4, 0.5) is 10.1 Å². The van der Waals surface area contributed by atoms with Gasteiger partial charge in [0, 0.05) is 27.8 Å². The van der Waals surface area contributed by atoms with Gasteiger partial charge in [-0.2, -0.15) is 0 Å². The zero-order chi connectivity index (χ0) is 19.2. The molecule has 0 bridgehead atoms. The highest BCUT2D eigenvalue weighted by atomic mass is 35.5. The lowest BCUT2D eigenvalue weighted by Crippen LogP contribution is -2.05. The highest BCUT2D eigenvalue weighted by Gasteiger charge is 2.11. The first-order chi connectivity index (χ1) is 13.0. The fourth-order valence-corrected chi connectivity index (χ4v) is 3.14. The highest BCUT2D eigenvalue weighted by molar-refractivity contribution is 6.35. The standard InChI is InChI=1S/C21H18Cl2FNO2/c1-26-20-4-2-3-15(12-25-19-10-16(22)9-17(23)11-19)21(20)27-13-14-5-7-18(24)8-6-14/h2-11,25H,12-13H2,1H3. The minimum atomic E-state index is -0.277. The van der Waals surface area contributed by atoms with Gasteiger partial charge < -0.3 is 14.8 Å². The summed E-state index contributed by atoms with van der Waals surface area (Å²) in [6.45, 7) is 0.795. The number of hydrogen-bond donors (Lipinski definition) is 1. The number of rotatable bonds is 7. The third-order valence-corrected chi connectivity index (χ3v) is 4.36. The number of para-hydroxylation sites is 1. The van der Waals surface area contributed by atoms with E-state index in [9.17, 15) is 4.39 Å². The second-order valence-electron chi connectivity index (χ2n) is 5.88. The van der Waals surface area contributed by atoms with Crippen LogP contribution in [-0.4, -0.2) is 7.11 Å². The summed E-state index contributed by atoms with van der Waals surface area (Å²) in [6, 6.07) is 17.1. The van der Waals surface area contributed by atoms with Gasteiger partial charge in [0.25, 0.3) is 0 Å². The lowest BCUT2D eigenvalue weighted by atomic mass is 10.1. The Morgan fingerprint density at radius 3 is 2.33 bits per heavy atom. The van der Waals surface area contributed by atoms with Crippen molar-refractivity contribution in [3.8, 4) is 11.5 Å². The molecule has 0 aliphatic carbocycles. The molecule has 0 aliphatic heterocycles. The summed E-state index contributed by atoms with van der Waals surface area (Å²) in [5.41, 5.74) is 2.58. The maximum atomic E-state index is 13.1. The van der Waals surface area contributed by atoms with Gasteiger partial charge in [0.15, 0.2) is 11.5 Å². The van der Waals surface area contributed by atoms with Crippen LogP contribution in [-0.2, 0) is 13.2 Å². The van der Waals surface area contributed by atoms with Gasteiger partial charge >= 0.3 is 0 Å². The first kappa shape index (κ1) is 19.3. The van der Waals surface area contributed by atoms with Crippen molar-refractivity contribution in [3.63, 3.8) is 0 Å². The number of anilines is 1. The molecule has 3 aromatic rings. The van der Waals surface area contributed by atoms with Crippen LogP contribution in [0.2, 0.25) is 10.0 Å². The maximum Gasteiger partial charge on any atom is 0.166 e. The van der Waals surface area contributed by atoms with Crippen molar-refractivity contribution in [1.29, 1.82) is 0 Å². The Hall–Kier alpha value is -2.43. The molecule has 0 aliphatic rings. The lowest BCUT2D eigenvalue weighted by Gasteiger charge is -2.16. The predicted octanol–water partition coefficient (Wildman–Crippen LogP) is 6.33. The van der Waals surface area contributed by atoms with Crippen molar-refractivity contribution in [1.82, 2.24) is 0 Å². The van der Waals surface area contributed by atoms with Crippen LogP contribution in [0.25, 0.3) is 0 Å². The van der Waals surface area contributed by atoms with E-state index in [1.807, 2.05) is 18.2 Å². The lowest BCUT2D eigenvalue weighted by molar-refractivity contribution is 0.281. The molecule has 0 saturated carbocycles. The number of ether oxygens (including phenoxy) is 2. The molecule has 0 amide bonds. The SMILES string of the molecule is COc1cccc(CNc2cc(Cl)cc(Cl)c2)c1OCc1ccc(F)cc1. The number of halogens is 3. The first-order valence-electron chi connectivity index (χ1n) is 8.28. The van der Waals surface area contributed by atoms with Crippen LogP contribution < -0.4 is 14.8 Å². The van der Waals surface area contributed by atoms with Gasteiger partial charge in [-0.15, -0.1) is 0 Å². The van der Waals surface area contributed by atoms with Crippen molar-refractivity contribution >= 4 is 28.9 Å². The molecule has 3 rings (SSSR count). The van der Waals surface area contributed by atoms with Crippen LogP contribution >= 0.6 is 23.2 Å². The van der Waals surface area contributed by atoms with E-state index in [0.29, 0.717) is 34.7 Å². The Kier molecular flexibility index (Phi) is 6.43. The van der Waals surface area contributed by atoms with Crippen molar-refractivity contribution in [3.05, 3.63) is 87.7 Å². The molecule has 0 spiro atoms. The van der Waals surface area contributed by atoms with E-state index in [1.54, 1.807) is 37.4 Å². The first-order valence-corrected chi connectivity index (χ1v) is 9.04.